The Morgan fingerprint density at radius 2 is 1.88 bits per heavy atom. The predicted octanol–water partition coefficient (Wildman–Crippen LogP) is 4.22. The maximum absolute atomic E-state index is 12.9. The van der Waals surface area contributed by atoms with Gasteiger partial charge < -0.3 is 14.4 Å². The third-order valence-corrected chi connectivity index (χ3v) is 6.82. The van der Waals surface area contributed by atoms with Crippen molar-refractivity contribution in [3.8, 4) is 5.75 Å². The molecule has 0 aliphatic carbocycles. The fraction of sp³-hybridized carbons (Fsp3) is 0.217. The van der Waals surface area contributed by atoms with E-state index in [9.17, 15) is 19.2 Å². The van der Waals surface area contributed by atoms with Crippen molar-refractivity contribution in [2.24, 2.45) is 0 Å². The SMILES string of the molecule is O=C(Oc1ccc(Br)cc1/C=C1\SC(=O)N(CC(=O)N2CCOCC2)C1=O)c1ccccc1Cl. The summed E-state index contributed by atoms with van der Waals surface area (Å²) in [5.74, 6) is -1.38. The largest absolute Gasteiger partial charge is 0.422 e. The minimum atomic E-state index is -0.660. The molecule has 0 bridgehead atoms. The molecule has 0 unspecified atom stereocenters. The number of amides is 3. The molecule has 2 aromatic rings. The molecule has 2 saturated heterocycles. The summed E-state index contributed by atoms with van der Waals surface area (Å²) in [5, 5.41) is -0.292. The number of rotatable bonds is 5. The molecule has 0 aromatic heterocycles. The summed E-state index contributed by atoms with van der Waals surface area (Å²) in [4.78, 5) is 53.1. The second-order valence-electron chi connectivity index (χ2n) is 7.31. The highest BCUT2D eigenvalue weighted by molar-refractivity contribution is 9.10. The molecular weight excluding hydrogens is 548 g/mol. The molecule has 3 amide bonds. The first-order valence-corrected chi connectivity index (χ1v) is 12.2. The van der Waals surface area contributed by atoms with Gasteiger partial charge in [0.15, 0.2) is 0 Å². The number of imide groups is 1. The maximum atomic E-state index is 12.9. The van der Waals surface area contributed by atoms with Crippen LogP contribution in [0.25, 0.3) is 6.08 Å². The van der Waals surface area contributed by atoms with E-state index in [-0.39, 0.29) is 33.7 Å². The van der Waals surface area contributed by atoms with Crippen LogP contribution in [0.4, 0.5) is 4.79 Å². The van der Waals surface area contributed by atoms with E-state index in [0.717, 1.165) is 16.7 Å². The van der Waals surface area contributed by atoms with Crippen molar-refractivity contribution >= 4 is 68.4 Å². The maximum Gasteiger partial charge on any atom is 0.345 e. The topological polar surface area (TPSA) is 93.2 Å². The molecule has 11 heteroatoms. The monoisotopic (exact) mass is 564 g/mol. The van der Waals surface area contributed by atoms with Gasteiger partial charge in [-0.3, -0.25) is 19.3 Å². The fourth-order valence-corrected chi connectivity index (χ4v) is 4.75. The molecule has 0 atom stereocenters. The van der Waals surface area contributed by atoms with Gasteiger partial charge in [-0.1, -0.05) is 39.7 Å². The van der Waals surface area contributed by atoms with Gasteiger partial charge in [-0.15, -0.1) is 0 Å². The average Bonchev–Trinajstić information content (AvgIpc) is 3.08. The molecule has 0 saturated carbocycles. The van der Waals surface area contributed by atoms with E-state index in [1.165, 1.54) is 6.08 Å². The molecule has 0 spiro atoms. The van der Waals surface area contributed by atoms with Gasteiger partial charge in [0.05, 0.1) is 28.7 Å². The molecule has 176 valence electrons. The van der Waals surface area contributed by atoms with E-state index >= 15 is 0 Å². The number of benzene rings is 2. The van der Waals surface area contributed by atoms with Gasteiger partial charge in [0, 0.05) is 23.1 Å². The second-order valence-corrected chi connectivity index (χ2v) is 9.63. The molecule has 4 rings (SSSR count). The van der Waals surface area contributed by atoms with E-state index < -0.39 is 17.1 Å². The number of ether oxygens (including phenoxy) is 2. The second kappa shape index (κ2) is 10.7. The summed E-state index contributed by atoms with van der Waals surface area (Å²) in [7, 11) is 0. The van der Waals surface area contributed by atoms with Gasteiger partial charge in [-0.25, -0.2) is 4.79 Å². The van der Waals surface area contributed by atoms with Crippen LogP contribution in [0.2, 0.25) is 5.02 Å². The number of carbonyl (C=O) groups is 4. The lowest BCUT2D eigenvalue weighted by Crippen LogP contribution is -2.46. The van der Waals surface area contributed by atoms with Gasteiger partial charge in [-0.05, 0) is 48.2 Å². The lowest BCUT2D eigenvalue weighted by atomic mass is 10.1. The summed E-state index contributed by atoms with van der Waals surface area (Å²) in [5.41, 5.74) is 0.597. The zero-order chi connectivity index (χ0) is 24.2. The highest BCUT2D eigenvalue weighted by atomic mass is 79.9. The molecule has 2 aliphatic heterocycles. The number of nitrogens with zero attached hydrogens (tertiary/aromatic N) is 2. The smallest absolute Gasteiger partial charge is 0.345 e. The predicted molar refractivity (Wildman–Crippen MR) is 131 cm³/mol. The van der Waals surface area contributed by atoms with Gasteiger partial charge >= 0.3 is 5.97 Å². The molecule has 0 radical (unpaired) electrons. The van der Waals surface area contributed by atoms with E-state index in [0.29, 0.717) is 36.3 Å². The molecule has 2 fully saturated rings. The Bertz CT molecular complexity index is 1200. The van der Waals surface area contributed by atoms with Crippen molar-refractivity contribution in [3.05, 3.63) is 68.0 Å². The molecule has 2 aromatic carbocycles. The normalized spacial score (nSPS) is 17.4. The van der Waals surface area contributed by atoms with Gasteiger partial charge in [-0.2, -0.15) is 0 Å². The Kier molecular flexibility index (Phi) is 7.72. The molecule has 2 heterocycles. The highest BCUT2D eigenvalue weighted by Crippen LogP contribution is 2.35. The van der Waals surface area contributed by atoms with Gasteiger partial charge in [0.25, 0.3) is 11.1 Å². The van der Waals surface area contributed by atoms with E-state index in [1.807, 2.05) is 0 Å². The van der Waals surface area contributed by atoms with E-state index in [4.69, 9.17) is 21.1 Å². The van der Waals surface area contributed by atoms with Crippen molar-refractivity contribution in [2.75, 3.05) is 32.8 Å². The van der Waals surface area contributed by atoms with Crippen LogP contribution in [0.15, 0.2) is 51.8 Å². The zero-order valence-corrected chi connectivity index (χ0v) is 20.8. The first kappa shape index (κ1) is 24.5. The summed E-state index contributed by atoms with van der Waals surface area (Å²) in [6.45, 7) is 1.35. The van der Waals surface area contributed by atoms with Gasteiger partial charge in [0.1, 0.15) is 12.3 Å². The zero-order valence-electron chi connectivity index (χ0n) is 17.7. The molecular formula is C23H18BrClN2O6S. The standard InChI is InChI=1S/C23H18BrClN2O6S/c24-15-5-6-18(33-22(30)16-3-1-2-4-17(16)25)14(11-15)12-19-21(29)27(23(31)34-19)13-20(28)26-7-9-32-10-8-26/h1-6,11-12H,7-10,13H2/b19-12-. The van der Waals surface area contributed by atoms with E-state index in [1.54, 1.807) is 47.4 Å². The van der Waals surface area contributed by atoms with Crippen LogP contribution in [-0.4, -0.2) is 65.7 Å². The van der Waals surface area contributed by atoms with Crippen molar-refractivity contribution in [3.63, 3.8) is 0 Å². The number of morpholine rings is 1. The summed E-state index contributed by atoms with van der Waals surface area (Å²) in [6, 6.07) is 11.4. The average molecular weight is 566 g/mol. The minimum absolute atomic E-state index is 0.118. The third kappa shape index (κ3) is 5.52. The van der Waals surface area contributed by atoms with Crippen molar-refractivity contribution in [1.29, 1.82) is 0 Å². The van der Waals surface area contributed by atoms with Crippen LogP contribution in [-0.2, 0) is 14.3 Å². The Labute approximate surface area is 212 Å². The summed E-state index contributed by atoms with van der Waals surface area (Å²) >= 11 is 10.2. The van der Waals surface area contributed by atoms with Crippen LogP contribution in [0.5, 0.6) is 5.75 Å². The third-order valence-electron chi connectivity index (χ3n) is 5.09. The fourth-order valence-electron chi connectivity index (χ4n) is 3.33. The Balaban J connectivity index is 1.54. The molecule has 8 nitrogen and oxygen atoms in total. The van der Waals surface area contributed by atoms with Crippen molar-refractivity contribution in [2.45, 2.75) is 0 Å². The number of halogens is 2. The number of esters is 1. The van der Waals surface area contributed by atoms with Crippen LogP contribution in [0, 0.1) is 0 Å². The lowest BCUT2D eigenvalue weighted by molar-refractivity contribution is -0.139. The summed E-state index contributed by atoms with van der Waals surface area (Å²) < 4.78 is 11.4. The molecule has 34 heavy (non-hydrogen) atoms. The van der Waals surface area contributed by atoms with Crippen molar-refractivity contribution in [1.82, 2.24) is 9.80 Å². The molecule has 2 aliphatic rings. The number of hydrogen-bond donors (Lipinski definition) is 0. The Morgan fingerprint density at radius 3 is 2.62 bits per heavy atom. The Hall–Kier alpha value is -2.66. The van der Waals surface area contributed by atoms with Crippen molar-refractivity contribution < 1.29 is 28.7 Å². The van der Waals surface area contributed by atoms with Crippen LogP contribution in [0.3, 0.4) is 0 Å². The number of carbonyl (C=O) groups excluding carboxylic acids is 4. The van der Waals surface area contributed by atoms with Gasteiger partial charge in [0.2, 0.25) is 5.91 Å². The quantitative estimate of drug-likeness (QED) is 0.304. The van der Waals surface area contributed by atoms with Crippen LogP contribution >= 0.6 is 39.3 Å². The number of hydrogen-bond acceptors (Lipinski definition) is 7. The lowest BCUT2D eigenvalue weighted by Gasteiger charge is -2.28. The minimum Gasteiger partial charge on any atom is -0.422 e. The first-order valence-electron chi connectivity index (χ1n) is 10.2. The summed E-state index contributed by atoms with van der Waals surface area (Å²) in [6.07, 6.45) is 1.46. The van der Waals surface area contributed by atoms with E-state index in [2.05, 4.69) is 15.9 Å². The van der Waals surface area contributed by atoms with Crippen LogP contribution < -0.4 is 4.74 Å². The number of thioether (sulfide) groups is 1. The molecule has 0 N–H and O–H groups in total. The Morgan fingerprint density at radius 1 is 1.15 bits per heavy atom. The van der Waals surface area contributed by atoms with Crippen LogP contribution in [0.1, 0.15) is 15.9 Å². The highest BCUT2D eigenvalue weighted by Gasteiger charge is 2.37. The first-order chi connectivity index (χ1) is 16.3.